The van der Waals surface area contributed by atoms with Gasteiger partial charge in [0.2, 0.25) is 10.0 Å². The molecule has 1 saturated heterocycles. The summed E-state index contributed by atoms with van der Waals surface area (Å²) in [6, 6.07) is 13.8. The highest BCUT2D eigenvalue weighted by Gasteiger charge is 2.28. The third-order valence-corrected chi connectivity index (χ3v) is 7.28. The molecule has 2 aromatic carbocycles. The molecule has 1 heterocycles. The molecule has 3 rings (SSSR count). The second-order valence-corrected chi connectivity index (χ2v) is 9.56. The third-order valence-electron chi connectivity index (χ3n) is 5.39. The molecule has 1 aliphatic heterocycles. The van der Waals surface area contributed by atoms with Crippen molar-refractivity contribution in [1.82, 2.24) is 9.21 Å². The SMILES string of the molecule is COc1ccc(CN(C)C(=O)c2cccc(S(=O)(=O)N3CCC(C)CC3)c2)cc1. The summed E-state index contributed by atoms with van der Waals surface area (Å²) in [7, 11) is -0.270. The van der Waals surface area contributed by atoms with Gasteiger partial charge in [-0.05, 0) is 54.7 Å². The number of benzene rings is 2. The number of hydrogen-bond acceptors (Lipinski definition) is 4. The fourth-order valence-electron chi connectivity index (χ4n) is 3.46. The predicted molar refractivity (Wildman–Crippen MR) is 112 cm³/mol. The van der Waals surface area contributed by atoms with E-state index in [9.17, 15) is 13.2 Å². The van der Waals surface area contributed by atoms with Crippen molar-refractivity contribution in [2.24, 2.45) is 5.92 Å². The van der Waals surface area contributed by atoms with E-state index in [0.29, 0.717) is 31.1 Å². The van der Waals surface area contributed by atoms with E-state index in [1.165, 1.54) is 10.4 Å². The number of rotatable bonds is 6. The number of carbonyl (C=O) groups excluding carboxylic acids is 1. The maximum Gasteiger partial charge on any atom is 0.253 e. The van der Waals surface area contributed by atoms with E-state index in [-0.39, 0.29) is 10.8 Å². The minimum absolute atomic E-state index is 0.177. The van der Waals surface area contributed by atoms with Gasteiger partial charge in [-0.15, -0.1) is 0 Å². The van der Waals surface area contributed by atoms with Crippen LogP contribution in [0.25, 0.3) is 0 Å². The number of methoxy groups -OCH3 is 1. The van der Waals surface area contributed by atoms with Gasteiger partial charge in [-0.1, -0.05) is 25.1 Å². The molecule has 0 N–H and O–H groups in total. The van der Waals surface area contributed by atoms with Crippen LogP contribution in [0.2, 0.25) is 0 Å². The van der Waals surface area contributed by atoms with Crippen molar-refractivity contribution in [2.75, 3.05) is 27.2 Å². The Morgan fingerprint density at radius 2 is 1.79 bits per heavy atom. The van der Waals surface area contributed by atoms with E-state index in [1.807, 2.05) is 24.3 Å². The van der Waals surface area contributed by atoms with E-state index in [0.717, 1.165) is 24.2 Å². The first-order valence-electron chi connectivity index (χ1n) is 9.80. The van der Waals surface area contributed by atoms with E-state index < -0.39 is 10.0 Å². The van der Waals surface area contributed by atoms with Gasteiger partial charge in [0.25, 0.3) is 5.91 Å². The maximum atomic E-state index is 13.0. The largest absolute Gasteiger partial charge is 0.497 e. The monoisotopic (exact) mass is 416 g/mol. The molecule has 1 amide bonds. The molecular weight excluding hydrogens is 388 g/mol. The van der Waals surface area contributed by atoms with Crippen molar-refractivity contribution < 1.29 is 17.9 Å². The topological polar surface area (TPSA) is 66.9 Å². The summed E-state index contributed by atoms with van der Waals surface area (Å²) in [5.41, 5.74) is 1.33. The second-order valence-electron chi connectivity index (χ2n) is 7.62. The summed E-state index contributed by atoms with van der Waals surface area (Å²) >= 11 is 0. The highest BCUT2D eigenvalue weighted by Crippen LogP contribution is 2.24. The number of sulfonamides is 1. The normalized spacial score (nSPS) is 15.8. The average molecular weight is 417 g/mol. The molecule has 0 aromatic heterocycles. The van der Waals surface area contributed by atoms with Crippen LogP contribution in [-0.2, 0) is 16.6 Å². The summed E-state index contributed by atoms with van der Waals surface area (Å²) in [5, 5.41) is 0. The van der Waals surface area contributed by atoms with Crippen molar-refractivity contribution in [3.8, 4) is 5.75 Å². The first kappa shape index (κ1) is 21.3. The van der Waals surface area contributed by atoms with Crippen molar-refractivity contribution in [1.29, 1.82) is 0 Å². The quantitative estimate of drug-likeness (QED) is 0.724. The molecule has 0 radical (unpaired) electrons. The Bertz CT molecular complexity index is 949. The lowest BCUT2D eigenvalue weighted by Crippen LogP contribution is -2.38. The van der Waals surface area contributed by atoms with Crippen molar-refractivity contribution in [3.05, 3.63) is 59.7 Å². The lowest BCUT2D eigenvalue weighted by atomic mass is 10.0. The number of nitrogens with zero attached hydrogens (tertiary/aromatic N) is 2. The Balaban J connectivity index is 1.74. The molecule has 0 aliphatic carbocycles. The Labute approximate surface area is 173 Å². The van der Waals surface area contributed by atoms with Gasteiger partial charge in [0.1, 0.15) is 5.75 Å². The van der Waals surface area contributed by atoms with E-state index >= 15 is 0 Å². The number of carbonyl (C=O) groups is 1. The van der Waals surface area contributed by atoms with Crippen LogP contribution < -0.4 is 4.74 Å². The lowest BCUT2D eigenvalue weighted by Gasteiger charge is -2.29. The molecular formula is C22H28N2O4S. The molecule has 29 heavy (non-hydrogen) atoms. The van der Waals surface area contributed by atoms with Crippen LogP contribution in [0, 0.1) is 5.92 Å². The van der Waals surface area contributed by atoms with Gasteiger partial charge in [0.15, 0.2) is 0 Å². The minimum Gasteiger partial charge on any atom is -0.497 e. The summed E-state index contributed by atoms with van der Waals surface area (Å²) < 4.78 is 32.6. The maximum absolute atomic E-state index is 13.0. The highest BCUT2D eigenvalue weighted by molar-refractivity contribution is 7.89. The summed E-state index contributed by atoms with van der Waals surface area (Å²) in [6.07, 6.45) is 1.73. The van der Waals surface area contributed by atoms with Gasteiger partial charge < -0.3 is 9.64 Å². The molecule has 0 unspecified atom stereocenters. The third kappa shape index (κ3) is 4.97. The summed E-state index contributed by atoms with van der Waals surface area (Å²) in [5.74, 6) is 1.08. The van der Waals surface area contributed by atoms with Crippen LogP contribution in [0.1, 0.15) is 35.7 Å². The first-order chi connectivity index (χ1) is 13.8. The highest BCUT2D eigenvalue weighted by atomic mass is 32.2. The molecule has 0 saturated carbocycles. The Hall–Kier alpha value is -2.38. The van der Waals surface area contributed by atoms with Crippen molar-refractivity contribution in [2.45, 2.75) is 31.2 Å². The molecule has 1 fully saturated rings. The van der Waals surface area contributed by atoms with Crippen LogP contribution in [0.15, 0.2) is 53.4 Å². The van der Waals surface area contributed by atoms with E-state index in [1.54, 1.807) is 37.3 Å². The molecule has 0 atom stereocenters. The van der Waals surface area contributed by atoms with Gasteiger partial charge in [0.05, 0.1) is 12.0 Å². The van der Waals surface area contributed by atoms with E-state index in [2.05, 4.69) is 6.92 Å². The Morgan fingerprint density at radius 1 is 1.14 bits per heavy atom. The number of hydrogen-bond donors (Lipinski definition) is 0. The van der Waals surface area contributed by atoms with Crippen molar-refractivity contribution >= 4 is 15.9 Å². The Morgan fingerprint density at radius 3 is 2.41 bits per heavy atom. The fraction of sp³-hybridized carbons (Fsp3) is 0.409. The number of amides is 1. The van der Waals surface area contributed by atoms with Crippen LogP contribution in [0.4, 0.5) is 0 Å². The van der Waals surface area contributed by atoms with E-state index in [4.69, 9.17) is 4.74 Å². The molecule has 0 spiro atoms. The zero-order valence-corrected chi connectivity index (χ0v) is 18.0. The molecule has 7 heteroatoms. The van der Waals surface area contributed by atoms with Gasteiger partial charge in [-0.2, -0.15) is 4.31 Å². The smallest absolute Gasteiger partial charge is 0.253 e. The zero-order chi connectivity index (χ0) is 21.0. The summed E-state index contributed by atoms with van der Waals surface area (Å²) in [4.78, 5) is 14.6. The minimum atomic E-state index is -3.59. The molecule has 1 aliphatic rings. The number of piperidine rings is 1. The fourth-order valence-corrected chi connectivity index (χ4v) is 4.98. The summed E-state index contributed by atoms with van der Waals surface area (Å²) in [6.45, 7) is 3.61. The van der Waals surface area contributed by atoms with Crippen LogP contribution in [-0.4, -0.2) is 50.8 Å². The van der Waals surface area contributed by atoms with Gasteiger partial charge in [-0.3, -0.25) is 4.79 Å². The lowest BCUT2D eigenvalue weighted by molar-refractivity contribution is 0.0785. The predicted octanol–water partition coefficient (Wildman–Crippen LogP) is 3.39. The second kappa shape index (κ2) is 8.97. The van der Waals surface area contributed by atoms with Crippen LogP contribution >= 0.6 is 0 Å². The molecule has 6 nitrogen and oxygen atoms in total. The number of ether oxygens (including phenoxy) is 1. The van der Waals surface area contributed by atoms with Gasteiger partial charge >= 0.3 is 0 Å². The molecule has 2 aromatic rings. The van der Waals surface area contributed by atoms with Gasteiger partial charge in [-0.25, -0.2) is 8.42 Å². The van der Waals surface area contributed by atoms with Crippen molar-refractivity contribution in [3.63, 3.8) is 0 Å². The molecule has 0 bridgehead atoms. The van der Waals surface area contributed by atoms with Crippen LogP contribution in [0.3, 0.4) is 0 Å². The zero-order valence-electron chi connectivity index (χ0n) is 17.2. The standard InChI is InChI=1S/C22H28N2O4S/c1-17-11-13-24(14-12-17)29(26,27)21-6-4-5-19(15-21)22(25)23(2)16-18-7-9-20(28-3)10-8-18/h4-10,15,17H,11-14,16H2,1-3H3. The first-order valence-corrected chi connectivity index (χ1v) is 11.2. The Kier molecular flexibility index (Phi) is 6.59. The van der Waals surface area contributed by atoms with Gasteiger partial charge in [0, 0.05) is 32.2 Å². The van der Waals surface area contributed by atoms with Crippen LogP contribution in [0.5, 0.6) is 5.75 Å². The average Bonchev–Trinajstić information content (AvgIpc) is 2.74. The molecule has 156 valence electrons.